The SMILES string of the molecule is CC(C/C=C/c1ccc(Cl)cc1)c1ccc(F)c(Oc2ccccc2)c1. The van der Waals surface area contributed by atoms with E-state index in [0.29, 0.717) is 5.75 Å². The summed E-state index contributed by atoms with van der Waals surface area (Å²) in [5.74, 6) is 0.764. The number of halogens is 2. The van der Waals surface area contributed by atoms with E-state index in [2.05, 4.69) is 19.1 Å². The third-order valence-corrected chi connectivity index (χ3v) is 4.42. The fourth-order valence-electron chi connectivity index (χ4n) is 2.64. The molecule has 3 aromatic rings. The van der Waals surface area contributed by atoms with E-state index in [1.54, 1.807) is 6.07 Å². The zero-order valence-electron chi connectivity index (χ0n) is 14.5. The van der Waals surface area contributed by atoms with E-state index in [1.807, 2.05) is 60.7 Å². The Balaban J connectivity index is 1.68. The monoisotopic (exact) mass is 366 g/mol. The fourth-order valence-corrected chi connectivity index (χ4v) is 2.76. The lowest BCUT2D eigenvalue weighted by atomic mass is 9.97. The molecule has 1 nitrogen and oxygen atoms in total. The molecule has 0 N–H and O–H groups in total. The van der Waals surface area contributed by atoms with Crippen molar-refractivity contribution in [2.45, 2.75) is 19.3 Å². The van der Waals surface area contributed by atoms with Crippen molar-refractivity contribution >= 4 is 17.7 Å². The van der Waals surface area contributed by atoms with Crippen LogP contribution in [-0.4, -0.2) is 0 Å². The Kier molecular flexibility index (Phi) is 6.08. The minimum atomic E-state index is -0.360. The summed E-state index contributed by atoms with van der Waals surface area (Å²) in [7, 11) is 0. The molecular formula is C23H20ClFO. The van der Waals surface area contributed by atoms with Crippen LogP contribution >= 0.6 is 11.6 Å². The van der Waals surface area contributed by atoms with Crippen LogP contribution in [0.1, 0.15) is 30.4 Å². The van der Waals surface area contributed by atoms with Gasteiger partial charge in [0.15, 0.2) is 11.6 Å². The molecule has 3 rings (SSSR count). The van der Waals surface area contributed by atoms with Crippen LogP contribution in [0, 0.1) is 5.82 Å². The van der Waals surface area contributed by atoms with Gasteiger partial charge in [-0.05, 0) is 59.9 Å². The quantitative estimate of drug-likeness (QED) is 0.439. The molecule has 0 saturated heterocycles. The first-order valence-corrected chi connectivity index (χ1v) is 8.94. The smallest absolute Gasteiger partial charge is 0.165 e. The first kappa shape index (κ1) is 18.2. The second kappa shape index (κ2) is 8.68. The van der Waals surface area contributed by atoms with Crippen molar-refractivity contribution in [1.82, 2.24) is 0 Å². The van der Waals surface area contributed by atoms with Gasteiger partial charge in [0.25, 0.3) is 0 Å². The third kappa shape index (κ3) is 4.96. The van der Waals surface area contributed by atoms with E-state index in [4.69, 9.17) is 16.3 Å². The Morgan fingerprint density at radius 3 is 2.46 bits per heavy atom. The predicted molar refractivity (Wildman–Crippen MR) is 106 cm³/mol. The van der Waals surface area contributed by atoms with Crippen molar-refractivity contribution < 1.29 is 9.13 Å². The highest BCUT2D eigenvalue weighted by molar-refractivity contribution is 6.30. The van der Waals surface area contributed by atoms with Gasteiger partial charge in [-0.1, -0.05) is 67.1 Å². The summed E-state index contributed by atoms with van der Waals surface area (Å²) < 4.78 is 19.8. The summed E-state index contributed by atoms with van der Waals surface area (Å²) in [6.45, 7) is 2.12. The topological polar surface area (TPSA) is 9.23 Å². The second-order valence-corrected chi connectivity index (χ2v) is 6.63. The molecule has 0 spiro atoms. The molecule has 1 atom stereocenters. The van der Waals surface area contributed by atoms with Crippen LogP contribution in [0.2, 0.25) is 5.02 Å². The molecule has 3 aromatic carbocycles. The molecule has 3 heteroatoms. The molecule has 0 aliphatic heterocycles. The van der Waals surface area contributed by atoms with Crippen molar-refractivity contribution in [1.29, 1.82) is 0 Å². The van der Waals surface area contributed by atoms with Crippen molar-refractivity contribution in [2.75, 3.05) is 0 Å². The molecule has 132 valence electrons. The van der Waals surface area contributed by atoms with E-state index in [1.165, 1.54) is 6.07 Å². The molecule has 0 saturated carbocycles. The Labute approximate surface area is 158 Å². The van der Waals surface area contributed by atoms with Crippen LogP contribution in [0.25, 0.3) is 6.08 Å². The van der Waals surface area contributed by atoms with E-state index < -0.39 is 0 Å². The summed E-state index contributed by atoms with van der Waals surface area (Å²) in [4.78, 5) is 0. The fraction of sp³-hybridized carbons (Fsp3) is 0.130. The van der Waals surface area contributed by atoms with Crippen LogP contribution in [-0.2, 0) is 0 Å². The molecule has 26 heavy (non-hydrogen) atoms. The maximum Gasteiger partial charge on any atom is 0.165 e. The normalized spacial score (nSPS) is 12.3. The van der Waals surface area contributed by atoms with Gasteiger partial charge in [-0.25, -0.2) is 4.39 Å². The van der Waals surface area contributed by atoms with E-state index in [9.17, 15) is 4.39 Å². The lowest BCUT2D eigenvalue weighted by Gasteiger charge is -2.13. The zero-order chi connectivity index (χ0) is 18.4. The number of benzene rings is 3. The van der Waals surface area contributed by atoms with Gasteiger partial charge in [0.1, 0.15) is 5.75 Å². The van der Waals surface area contributed by atoms with Gasteiger partial charge < -0.3 is 4.74 Å². The third-order valence-electron chi connectivity index (χ3n) is 4.17. The zero-order valence-corrected chi connectivity index (χ0v) is 15.3. The van der Waals surface area contributed by atoms with Crippen LogP contribution in [0.4, 0.5) is 4.39 Å². The number of rotatable bonds is 6. The minimum absolute atomic E-state index is 0.247. The van der Waals surface area contributed by atoms with Crippen LogP contribution in [0.5, 0.6) is 11.5 Å². The highest BCUT2D eigenvalue weighted by Crippen LogP contribution is 2.29. The molecule has 0 bridgehead atoms. The first-order valence-electron chi connectivity index (χ1n) is 8.56. The number of ether oxygens (including phenoxy) is 1. The maximum atomic E-state index is 14.1. The average Bonchev–Trinajstić information content (AvgIpc) is 2.66. The van der Waals surface area contributed by atoms with Crippen molar-refractivity contribution in [3.63, 3.8) is 0 Å². The van der Waals surface area contributed by atoms with E-state index in [0.717, 1.165) is 22.6 Å². The summed E-state index contributed by atoms with van der Waals surface area (Å²) in [6, 6.07) is 22.0. The summed E-state index contributed by atoms with van der Waals surface area (Å²) >= 11 is 5.90. The number of hydrogen-bond acceptors (Lipinski definition) is 1. The molecule has 0 amide bonds. The lowest BCUT2D eigenvalue weighted by molar-refractivity contribution is 0.441. The van der Waals surface area contributed by atoms with Gasteiger partial charge in [0, 0.05) is 5.02 Å². The van der Waals surface area contributed by atoms with Crippen LogP contribution in [0.15, 0.2) is 78.9 Å². The summed E-state index contributed by atoms with van der Waals surface area (Å²) in [6.07, 6.45) is 5.03. The number of para-hydroxylation sites is 1. The predicted octanol–water partition coefficient (Wildman–Crippen LogP) is 7.48. The molecule has 0 aromatic heterocycles. The molecule has 0 heterocycles. The Hall–Kier alpha value is -2.58. The molecular weight excluding hydrogens is 347 g/mol. The second-order valence-electron chi connectivity index (χ2n) is 6.20. The van der Waals surface area contributed by atoms with Crippen molar-refractivity contribution in [2.24, 2.45) is 0 Å². The van der Waals surface area contributed by atoms with Gasteiger partial charge in [-0.15, -0.1) is 0 Å². The largest absolute Gasteiger partial charge is 0.454 e. The van der Waals surface area contributed by atoms with Crippen molar-refractivity contribution in [3.8, 4) is 11.5 Å². The molecule has 1 unspecified atom stereocenters. The van der Waals surface area contributed by atoms with Gasteiger partial charge in [-0.3, -0.25) is 0 Å². The Morgan fingerprint density at radius 1 is 1.00 bits per heavy atom. The average molecular weight is 367 g/mol. The van der Waals surface area contributed by atoms with Gasteiger partial charge in [0.05, 0.1) is 0 Å². The molecule has 0 radical (unpaired) electrons. The molecule has 0 aliphatic rings. The van der Waals surface area contributed by atoms with Gasteiger partial charge >= 0.3 is 0 Å². The number of hydrogen-bond donors (Lipinski definition) is 0. The van der Waals surface area contributed by atoms with E-state index >= 15 is 0 Å². The highest BCUT2D eigenvalue weighted by atomic mass is 35.5. The Morgan fingerprint density at radius 2 is 1.73 bits per heavy atom. The van der Waals surface area contributed by atoms with Gasteiger partial charge in [-0.2, -0.15) is 0 Å². The summed E-state index contributed by atoms with van der Waals surface area (Å²) in [5, 5.41) is 0.729. The van der Waals surface area contributed by atoms with Crippen LogP contribution in [0.3, 0.4) is 0 Å². The van der Waals surface area contributed by atoms with Gasteiger partial charge in [0.2, 0.25) is 0 Å². The standard InChI is InChI=1S/C23H20ClFO/c1-17(6-5-7-18-10-13-20(24)14-11-18)19-12-15-22(25)23(16-19)26-21-8-3-2-4-9-21/h2-5,7-17H,6H2,1H3/b7-5+. The highest BCUT2D eigenvalue weighted by Gasteiger charge is 2.10. The molecule has 0 aliphatic carbocycles. The van der Waals surface area contributed by atoms with Crippen molar-refractivity contribution in [3.05, 3.63) is 101 Å². The summed E-state index contributed by atoms with van der Waals surface area (Å²) in [5.41, 5.74) is 2.15. The van der Waals surface area contributed by atoms with Crippen LogP contribution < -0.4 is 4.74 Å². The van der Waals surface area contributed by atoms with E-state index in [-0.39, 0.29) is 17.5 Å². The lowest BCUT2D eigenvalue weighted by Crippen LogP contribution is -1.95. The molecule has 0 fully saturated rings. The Bertz CT molecular complexity index is 872. The number of allylic oxidation sites excluding steroid dienone is 1. The maximum absolute atomic E-state index is 14.1. The minimum Gasteiger partial charge on any atom is -0.454 e. The first-order chi connectivity index (χ1) is 12.6.